The first-order valence-corrected chi connectivity index (χ1v) is 4.47. The van der Waals surface area contributed by atoms with Crippen molar-refractivity contribution in [1.82, 2.24) is 10.1 Å². The summed E-state index contributed by atoms with van der Waals surface area (Å²) in [4.78, 5) is 3.99. The van der Waals surface area contributed by atoms with Gasteiger partial charge in [0.15, 0.2) is 0 Å². The molecule has 1 aromatic rings. The van der Waals surface area contributed by atoms with Crippen molar-refractivity contribution in [3.63, 3.8) is 0 Å². The fourth-order valence-electron chi connectivity index (χ4n) is 1.07. The largest absolute Gasteiger partial charge is 0.382 e. The topological polar surface area (TPSA) is 94.4 Å². The number of hydrogen-bond acceptors (Lipinski definition) is 6. The SMILES string of the molecule is CCC(OC)c1noc(C(O)CN)n1. The lowest BCUT2D eigenvalue weighted by molar-refractivity contribution is 0.0902. The van der Waals surface area contributed by atoms with Crippen LogP contribution in [0.2, 0.25) is 0 Å². The Morgan fingerprint density at radius 1 is 1.64 bits per heavy atom. The van der Waals surface area contributed by atoms with Crippen LogP contribution >= 0.6 is 0 Å². The number of nitrogens with two attached hydrogens (primary N) is 1. The van der Waals surface area contributed by atoms with Crippen molar-refractivity contribution in [1.29, 1.82) is 0 Å². The molecule has 1 rings (SSSR count). The second-order valence-corrected chi connectivity index (χ2v) is 2.87. The molecule has 6 nitrogen and oxygen atoms in total. The summed E-state index contributed by atoms with van der Waals surface area (Å²) in [5, 5.41) is 13.0. The van der Waals surface area contributed by atoms with Crippen LogP contribution in [0.1, 0.15) is 37.3 Å². The van der Waals surface area contributed by atoms with Crippen molar-refractivity contribution < 1.29 is 14.4 Å². The lowest BCUT2D eigenvalue weighted by Crippen LogP contribution is -2.12. The zero-order chi connectivity index (χ0) is 10.6. The first kappa shape index (κ1) is 11.1. The normalized spacial score (nSPS) is 15.4. The van der Waals surface area contributed by atoms with Crippen LogP contribution in [0.25, 0.3) is 0 Å². The molecule has 0 fully saturated rings. The second kappa shape index (κ2) is 5.04. The van der Waals surface area contributed by atoms with Crippen molar-refractivity contribution in [2.75, 3.05) is 13.7 Å². The van der Waals surface area contributed by atoms with E-state index >= 15 is 0 Å². The third kappa shape index (κ3) is 2.28. The van der Waals surface area contributed by atoms with Gasteiger partial charge in [-0.2, -0.15) is 4.98 Å². The molecule has 0 aromatic carbocycles. The van der Waals surface area contributed by atoms with E-state index < -0.39 is 6.10 Å². The van der Waals surface area contributed by atoms with Crippen LogP contribution in [-0.2, 0) is 4.74 Å². The minimum Gasteiger partial charge on any atom is -0.382 e. The summed E-state index contributed by atoms with van der Waals surface area (Å²) in [6.07, 6.45) is -0.350. The first-order chi connectivity index (χ1) is 6.72. The highest BCUT2D eigenvalue weighted by Crippen LogP contribution is 2.18. The monoisotopic (exact) mass is 201 g/mol. The molecule has 0 aliphatic carbocycles. The van der Waals surface area contributed by atoms with Gasteiger partial charge in [0.05, 0.1) is 0 Å². The van der Waals surface area contributed by atoms with Crippen LogP contribution in [0.5, 0.6) is 0 Å². The second-order valence-electron chi connectivity index (χ2n) is 2.87. The highest BCUT2D eigenvalue weighted by molar-refractivity contribution is 4.93. The molecule has 0 radical (unpaired) electrons. The van der Waals surface area contributed by atoms with Gasteiger partial charge >= 0.3 is 0 Å². The molecule has 2 unspecified atom stereocenters. The van der Waals surface area contributed by atoms with Gasteiger partial charge in [-0.1, -0.05) is 12.1 Å². The standard InChI is InChI=1S/C8H15N3O3/c1-3-6(13-2)7-10-8(14-11-7)5(12)4-9/h5-6,12H,3-4,9H2,1-2H3. The molecule has 2 atom stereocenters. The average Bonchev–Trinajstić information content (AvgIpc) is 2.68. The molecule has 1 heterocycles. The van der Waals surface area contributed by atoms with Gasteiger partial charge in [0, 0.05) is 13.7 Å². The molecule has 80 valence electrons. The molecule has 0 bridgehead atoms. The van der Waals surface area contributed by atoms with E-state index in [0.29, 0.717) is 5.82 Å². The number of rotatable bonds is 5. The summed E-state index contributed by atoms with van der Waals surface area (Å²) < 4.78 is 9.95. The number of aliphatic hydroxyl groups excluding tert-OH is 1. The fourth-order valence-corrected chi connectivity index (χ4v) is 1.07. The molecule has 6 heteroatoms. The van der Waals surface area contributed by atoms with Crippen LogP contribution in [0.4, 0.5) is 0 Å². The van der Waals surface area contributed by atoms with Gasteiger partial charge in [0.25, 0.3) is 5.89 Å². The zero-order valence-corrected chi connectivity index (χ0v) is 8.30. The van der Waals surface area contributed by atoms with E-state index in [9.17, 15) is 5.11 Å². The Labute approximate surface area is 82.1 Å². The summed E-state index contributed by atoms with van der Waals surface area (Å²) in [5.74, 6) is 0.579. The molecular weight excluding hydrogens is 186 g/mol. The van der Waals surface area contributed by atoms with Gasteiger partial charge in [-0.3, -0.25) is 0 Å². The van der Waals surface area contributed by atoms with Crippen LogP contribution in [0.15, 0.2) is 4.52 Å². The van der Waals surface area contributed by atoms with E-state index in [0.717, 1.165) is 6.42 Å². The lowest BCUT2D eigenvalue weighted by Gasteiger charge is -2.06. The van der Waals surface area contributed by atoms with Crippen LogP contribution < -0.4 is 5.73 Å². The Morgan fingerprint density at radius 3 is 2.86 bits per heavy atom. The van der Waals surface area contributed by atoms with Crippen molar-refractivity contribution in [3.8, 4) is 0 Å². The third-order valence-electron chi connectivity index (χ3n) is 1.91. The molecular formula is C8H15N3O3. The van der Waals surface area contributed by atoms with Crippen molar-refractivity contribution in [2.45, 2.75) is 25.6 Å². The van der Waals surface area contributed by atoms with Crippen molar-refractivity contribution in [2.24, 2.45) is 5.73 Å². The van der Waals surface area contributed by atoms with E-state index in [2.05, 4.69) is 10.1 Å². The molecule has 0 saturated heterocycles. The van der Waals surface area contributed by atoms with Crippen molar-refractivity contribution in [3.05, 3.63) is 11.7 Å². The fraction of sp³-hybridized carbons (Fsp3) is 0.750. The Hall–Kier alpha value is -0.980. The van der Waals surface area contributed by atoms with Gasteiger partial charge in [-0.15, -0.1) is 0 Å². The quantitative estimate of drug-likeness (QED) is 0.704. The van der Waals surface area contributed by atoms with Crippen LogP contribution in [0, 0.1) is 0 Å². The molecule has 0 aliphatic rings. The average molecular weight is 201 g/mol. The Morgan fingerprint density at radius 2 is 2.36 bits per heavy atom. The molecule has 1 aromatic heterocycles. The van der Waals surface area contributed by atoms with Gasteiger partial charge in [-0.05, 0) is 6.42 Å². The highest BCUT2D eigenvalue weighted by Gasteiger charge is 2.19. The smallest absolute Gasteiger partial charge is 0.256 e. The summed E-state index contributed by atoms with van der Waals surface area (Å²) in [7, 11) is 1.57. The molecule has 0 amide bonds. The highest BCUT2D eigenvalue weighted by atomic mass is 16.5. The van der Waals surface area contributed by atoms with E-state index in [1.165, 1.54) is 0 Å². The minimum absolute atomic E-state index is 0.0609. The molecule has 14 heavy (non-hydrogen) atoms. The van der Waals surface area contributed by atoms with Crippen LogP contribution in [-0.4, -0.2) is 28.9 Å². The molecule has 3 N–H and O–H groups in total. The van der Waals surface area contributed by atoms with Gasteiger partial charge < -0.3 is 20.1 Å². The van der Waals surface area contributed by atoms with Crippen molar-refractivity contribution >= 4 is 0 Å². The summed E-state index contributed by atoms with van der Waals surface area (Å²) >= 11 is 0. The number of aliphatic hydroxyl groups is 1. The van der Waals surface area contributed by atoms with Gasteiger partial charge in [-0.25, -0.2) is 0 Å². The Bertz CT molecular complexity index is 273. The van der Waals surface area contributed by atoms with E-state index in [1.807, 2.05) is 6.92 Å². The summed E-state index contributed by atoms with van der Waals surface area (Å²) in [6.45, 7) is 2.01. The minimum atomic E-state index is -0.898. The third-order valence-corrected chi connectivity index (χ3v) is 1.91. The molecule has 0 saturated carbocycles. The number of hydrogen-bond donors (Lipinski definition) is 2. The predicted octanol–water partition coefficient (Wildman–Crippen LogP) is 0.159. The van der Waals surface area contributed by atoms with E-state index in [4.69, 9.17) is 15.0 Å². The van der Waals surface area contributed by atoms with E-state index in [-0.39, 0.29) is 18.5 Å². The maximum absolute atomic E-state index is 9.31. The first-order valence-electron chi connectivity index (χ1n) is 4.47. The summed E-state index contributed by atoms with van der Waals surface area (Å²) in [5.41, 5.74) is 5.25. The maximum atomic E-state index is 9.31. The van der Waals surface area contributed by atoms with Crippen LogP contribution in [0.3, 0.4) is 0 Å². The number of aromatic nitrogens is 2. The number of methoxy groups -OCH3 is 1. The zero-order valence-electron chi connectivity index (χ0n) is 8.30. The maximum Gasteiger partial charge on any atom is 0.256 e. The van der Waals surface area contributed by atoms with Gasteiger partial charge in [0.1, 0.15) is 12.2 Å². The number of nitrogens with zero attached hydrogens (tertiary/aromatic N) is 2. The lowest BCUT2D eigenvalue weighted by atomic mass is 10.2. The summed E-state index contributed by atoms with van der Waals surface area (Å²) in [6, 6.07) is 0. The Kier molecular flexibility index (Phi) is 3.99. The van der Waals surface area contributed by atoms with Gasteiger partial charge in [0.2, 0.25) is 5.82 Å². The number of ether oxygens (including phenoxy) is 1. The molecule has 0 spiro atoms. The Balaban J connectivity index is 2.76. The van der Waals surface area contributed by atoms with E-state index in [1.54, 1.807) is 7.11 Å². The predicted molar refractivity (Wildman–Crippen MR) is 48.4 cm³/mol. The molecule has 0 aliphatic heterocycles.